The Morgan fingerprint density at radius 3 is 2.60 bits per heavy atom. The first-order valence-corrected chi connectivity index (χ1v) is 8.95. The van der Waals surface area contributed by atoms with E-state index in [2.05, 4.69) is 67.6 Å². The molecule has 0 saturated carbocycles. The van der Waals surface area contributed by atoms with Gasteiger partial charge in [0.05, 0.1) is 12.1 Å². The van der Waals surface area contributed by atoms with Crippen LogP contribution in [0.5, 0.6) is 5.75 Å². The standard InChI is InChI=1S/C21H23ClN2O/c1-20(2)12-21(3,15-11-23-17-8-6-5-7-13(15)17)14-9-16(22)19(25-4)10-18(14)24-20/h5-11,23-24H,12H2,1-4H3/t21-/m0/s1. The minimum absolute atomic E-state index is 0.0427. The summed E-state index contributed by atoms with van der Waals surface area (Å²) in [6.07, 6.45) is 3.12. The maximum atomic E-state index is 6.48. The lowest BCUT2D eigenvalue weighted by molar-refractivity contribution is 0.377. The molecule has 0 radical (unpaired) electrons. The molecule has 0 amide bonds. The zero-order valence-electron chi connectivity index (χ0n) is 15.0. The molecule has 1 aromatic heterocycles. The number of hydrogen-bond acceptors (Lipinski definition) is 2. The Morgan fingerprint density at radius 2 is 1.84 bits per heavy atom. The Balaban J connectivity index is 2.00. The number of rotatable bonds is 2. The van der Waals surface area contributed by atoms with Crippen LogP contribution in [0.2, 0.25) is 5.02 Å². The molecular formula is C21H23ClN2O. The van der Waals surface area contributed by atoms with Gasteiger partial charge in [-0.25, -0.2) is 0 Å². The molecule has 2 N–H and O–H groups in total. The Morgan fingerprint density at radius 1 is 1.08 bits per heavy atom. The molecule has 0 spiro atoms. The van der Waals surface area contributed by atoms with E-state index in [9.17, 15) is 0 Å². The van der Waals surface area contributed by atoms with E-state index in [-0.39, 0.29) is 11.0 Å². The third-order valence-electron chi connectivity index (χ3n) is 5.34. The number of aromatic amines is 1. The van der Waals surface area contributed by atoms with Crippen molar-refractivity contribution < 1.29 is 4.74 Å². The van der Waals surface area contributed by atoms with E-state index in [0.717, 1.165) is 17.6 Å². The lowest BCUT2D eigenvalue weighted by Crippen LogP contribution is -2.45. The van der Waals surface area contributed by atoms with Gasteiger partial charge in [0.25, 0.3) is 0 Å². The van der Waals surface area contributed by atoms with Crippen LogP contribution in [0.1, 0.15) is 38.3 Å². The molecule has 0 bridgehead atoms. The largest absolute Gasteiger partial charge is 0.495 e. The van der Waals surface area contributed by atoms with Crippen LogP contribution >= 0.6 is 11.6 Å². The molecule has 3 aromatic rings. The molecule has 4 heteroatoms. The second-order valence-electron chi connectivity index (χ2n) is 7.80. The Bertz CT molecular complexity index is 960. The number of methoxy groups -OCH3 is 1. The third kappa shape index (κ3) is 2.49. The van der Waals surface area contributed by atoms with Gasteiger partial charge in [-0.1, -0.05) is 36.7 Å². The van der Waals surface area contributed by atoms with Crippen LogP contribution in [0.3, 0.4) is 0 Å². The van der Waals surface area contributed by atoms with Crippen LogP contribution in [0.15, 0.2) is 42.6 Å². The van der Waals surface area contributed by atoms with E-state index in [1.165, 1.54) is 16.5 Å². The highest BCUT2D eigenvalue weighted by Crippen LogP contribution is 2.51. The summed E-state index contributed by atoms with van der Waals surface area (Å²) in [7, 11) is 1.65. The normalized spacial score (nSPS) is 21.6. The van der Waals surface area contributed by atoms with Crippen molar-refractivity contribution in [1.29, 1.82) is 0 Å². The fraction of sp³-hybridized carbons (Fsp3) is 0.333. The molecule has 0 fully saturated rings. The van der Waals surface area contributed by atoms with Gasteiger partial charge in [-0.05, 0) is 43.5 Å². The topological polar surface area (TPSA) is 37.0 Å². The first-order valence-electron chi connectivity index (χ1n) is 8.57. The van der Waals surface area contributed by atoms with Gasteiger partial charge in [0, 0.05) is 39.8 Å². The molecule has 1 aliphatic heterocycles. The molecule has 2 aromatic carbocycles. The highest BCUT2D eigenvalue weighted by molar-refractivity contribution is 6.32. The molecule has 4 rings (SSSR count). The van der Waals surface area contributed by atoms with E-state index in [4.69, 9.17) is 16.3 Å². The lowest BCUT2D eigenvalue weighted by Gasteiger charge is -2.45. The summed E-state index contributed by atoms with van der Waals surface area (Å²) in [5.41, 5.74) is 4.57. The monoisotopic (exact) mass is 354 g/mol. The zero-order valence-corrected chi connectivity index (χ0v) is 15.8. The van der Waals surface area contributed by atoms with Crippen LogP contribution in [0, 0.1) is 0 Å². The first-order chi connectivity index (χ1) is 11.8. The maximum absolute atomic E-state index is 6.48. The summed E-state index contributed by atoms with van der Waals surface area (Å²) < 4.78 is 5.43. The van der Waals surface area contributed by atoms with E-state index in [1.807, 2.05) is 6.07 Å². The molecule has 130 valence electrons. The van der Waals surface area contributed by atoms with Crippen LogP contribution in [0.25, 0.3) is 10.9 Å². The number of benzene rings is 2. The van der Waals surface area contributed by atoms with Crippen molar-refractivity contribution in [3.05, 3.63) is 58.7 Å². The van der Waals surface area contributed by atoms with Crippen LogP contribution in [-0.2, 0) is 5.41 Å². The van der Waals surface area contributed by atoms with Gasteiger partial charge in [-0.2, -0.15) is 0 Å². The smallest absolute Gasteiger partial charge is 0.139 e. The number of anilines is 1. The van der Waals surface area contributed by atoms with E-state index in [0.29, 0.717) is 10.8 Å². The SMILES string of the molecule is COc1cc2c(cc1Cl)[C@@](C)(c1c[nH]c3ccccc13)CC(C)(C)N2. The molecule has 0 aliphatic carbocycles. The van der Waals surface area contributed by atoms with Crippen molar-refractivity contribution in [2.24, 2.45) is 0 Å². The number of ether oxygens (including phenoxy) is 1. The highest BCUT2D eigenvalue weighted by atomic mass is 35.5. The third-order valence-corrected chi connectivity index (χ3v) is 5.63. The summed E-state index contributed by atoms with van der Waals surface area (Å²) in [6.45, 7) is 6.79. The number of nitrogens with one attached hydrogen (secondary N) is 2. The van der Waals surface area contributed by atoms with Gasteiger partial charge in [-0.15, -0.1) is 0 Å². The number of hydrogen-bond donors (Lipinski definition) is 2. The second kappa shape index (κ2) is 5.43. The second-order valence-corrected chi connectivity index (χ2v) is 8.21. The summed E-state index contributed by atoms with van der Waals surface area (Å²) in [6, 6.07) is 12.5. The molecule has 0 saturated heterocycles. The Labute approximate surface area is 153 Å². The fourth-order valence-corrected chi connectivity index (χ4v) is 4.67. The fourth-order valence-electron chi connectivity index (χ4n) is 4.43. The van der Waals surface area contributed by atoms with E-state index in [1.54, 1.807) is 7.11 Å². The number of H-pyrrole nitrogens is 1. The van der Waals surface area contributed by atoms with Crippen LogP contribution in [-0.4, -0.2) is 17.6 Å². The number of aromatic nitrogens is 1. The van der Waals surface area contributed by atoms with E-state index >= 15 is 0 Å². The lowest BCUT2D eigenvalue weighted by atomic mass is 9.66. The first kappa shape index (κ1) is 16.3. The molecule has 0 unspecified atom stereocenters. The summed E-state index contributed by atoms with van der Waals surface area (Å²) in [4.78, 5) is 3.43. The van der Waals surface area contributed by atoms with Crippen molar-refractivity contribution >= 4 is 28.2 Å². The minimum atomic E-state index is -0.153. The van der Waals surface area contributed by atoms with Crippen molar-refractivity contribution in [2.75, 3.05) is 12.4 Å². The van der Waals surface area contributed by atoms with Gasteiger partial charge in [0.15, 0.2) is 0 Å². The highest BCUT2D eigenvalue weighted by Gasteiger charge is 2.43. The average Bonchev–Trinajstić information content (AvgIpc) is 2.99. The predicted octanol–water partition coefficient (Wildman–Crippen LogP) is 5.73. The van der Waals surface area contributed by atoms with Crippen molar-refractivity contribution in [3.63, 3.8) is 0 Å². The molecule has 1 aliphatic rings. The van der Waals surface area contributed by atoms with Crippen molar-refractivity contribution in [3.8, 4) is 5.75 Å². The summed E-state index contributed by atoms with van der Waals surface area (Å²) in [5, 5.41) is 5.57. The van der Waals surface area contributed by atoms with Crippen molar-refractivity contribution in [2.45, 2.75) is 38.1 Å². The molecule has 2 heterocycles. The summed E-state index contributed by atoms with van der Waals surface area (Å²) in [5.74, 6) is 0.701. The minimum Gasteiger partial charge on any atom is -0.495 e. The van der Waals surface area contributed by atoms with E-state index < -0.39 is 0 Å². The van der Waals surface area contributed by atoms with Crippen LogP contribution in [0.4, 0.5) is 5.69 Å². The maximum Gasteiger partial charge on any atom is 0.139 e. The predicted molar refractivity (Wildman–Crippen MR) is 105 cm³/mol. The molecule has 3 nitrogen and oxygen atoms in total. The number of halogens is 1. The average molecular weight is 355 g/mol. The van der Waals surface area contributed by atoms with Crippen LogP contribution < -0.4 is 10.1 Å². The van der Waals surface area contributed by atoms with Gasteiger partial charge in [0.2, 0.25) is 0 Å². The van der Waals surface area contributed by atoms with Gasteiger partial charge in [-0.3, -0.25) is 0 Å². The Hall–Kier alpha value is -2.13. The zero-order chi connectivity index (χ0) is 17.8. The number of para-hydroxylation sites is 1. The quantitative estimate of drug-likeness (QED) is 0.616. The van der Waals surface area contributed by atoms with Gasteiger partial charge < -0.3 is 15.0 Å². The molecular weight excluding hydrogens is 332 g/mol. The number of fused-ring (bicyclic) bond motifs is 2. The molecule has 25 heavy (non-hydrogen) atoms. The van der Waals surface area contributed by atoms with Crippen molar-refractivity contribution in [1.82, 2.24) is 4.98 Å². The van der Waals surface area contributed by atoms with Gasteiger partial charge >= 0.3 is 0 Å². The van der Waals surface area contributed by atoms with Gasteiger partial charge in [0.1, 0.15) is 5.75 Å². The molecule has 1 atom stereocenters. The summed E-state index contributed by atoms with van der Waals surface area (Å²) >= 11 is 6.48. The Kier molecular flexibility index (Phi) is 3.55.